The number of anilines is 1. The molecule has 9 heteroatoms. The maximum atomic E-state index is 12.5. The largest absolute Gasteiger partial charge is 0.492 e. The summed E-state index contributed by atoms with van der Waals surface area (Å²) in [4.78, 5) is 24.5. The number of nitrogens with one attached hydrogen (secondary N) is 3. The van der Waals surface area contributed by atoms with Crippen LogP contribution in [0.25, 0.3) is 0 Å². The lowest BCUT2D eigenvalue weighted by molar-refractivity contribution is 0.0946. The average molecular weight is 508 g/mol. The van der Waals surface area contributed by atoms with Crippen molar-refractivity contribution in [1.82, 2.24) is 10.6 Å². The van der Waals surface area contributed by atoms with E-state index in [1.165, 1.54) is 0 Å². The fourth-order valence-corrected chi connectivity index (χ4v) is 3.24. The normalized spacial score (nSPS) is 10.3. The number of ether oxygens (including phenoxy) is 2. The van der Waals surface area contributed by atoms with Crippen LogP contribution in [0.5, 0.6) is 5.75 Å². The van der Waals surface area contributed by atoms with Crippen LogP contribution in [0.2, 0.25) is 0 Å². The van der Waals surface area contributed by atoms with Crippen LogP contribution >= 0.6 is 28.1 Å². The second-order valence-corrected chi connectivity index (χ2v) is 7.84. The Bertz CT molecular complexity index is 906. The van der Waals surface area contributed by atoms with Crippen molar-refractivity contribution in [1.29, 1.82) is 0 Å². The quantitative estimate of drug-likeness (QED) is 0.331. The highest BCUT2D eigenvalue weighted by Crippen LogP contribution is 2.26. The minimum absolute atomic E-state index is 0.157. The summed E-state index contributed by atoms with van der Waals surface area (Å²) in [7, 11) is 1.62. The third-order valence-electron chi connectivity index (χ3n) is 4.10. The summed E-state index contributed by atoms with van der Waals surface area (Å²) in [5, 5.41) is 8.56. The second-order valence-electron chi connectivity index (χ2n) is 6.58. The van der Waals surface area contributed by atoms with Gasteiger partial charge in [0.25, 0.3) is 11.8 Å². The highest BCUT2D eigenvalue weighted by molar-refractivity contribution is 9.10. The summed E-state index contributed by atoms with van der Waals surface area (Å²) in [6.45, 7) is 3.77. The number of halogens is 1. The third-order valence-corrected chi connectivity index (χ3v) is 4.92. The molecule has 0 fully saturated rings. The van der Waals surface area contributed by atoms with Crippen LogP contribution in [-0.4, -0.2) is 43.8 Å². The van der Waals surface area contributed by atoms with Gasteiger partial charge in [-0.15, -0.1) is 0 Å². The van der Waals surface area contributed by atoms with E-state index in [0.717, 1.165) is 12.8 Å². The molecule has 0 bridgehead atoms. The van der Waals surface area contributed by atoms with Crippen molar-refractivity contribution < 1.29 is 19.1 Å². The Morgan fingerprint density at radius 2 is 1.74 bits per heavy atom. The lowest BCUT2D eigenvalue weighted by atomic mass is 10.2. The number of rotatable bonds is 10. The fourth-order valence-electron chi connectivity index (χ4n) is 2.53. The minimum atomic E-state index is -0.340. The number of carbonyl (C=O) groups excluding carboxylic acids is 2. The van der Waals surface area contributed by atoms with Crippen molar-refractivity contribution in [2.24, 2.45) is 0 Å². The molecule has 0 heterocycles. The van der Waals surface area contributed by atoms with Crippen molar-refractivity contribution in [2.75, 3.05) is 32.2 Å². The summed E-state index contributed by atoms with van der Waals surface area (Å²) in [6.07, 6.45) is 1.65. The third kappa shape index (κ3) is 8.28. The molecule has 0 spiro atoms. The molecule has 31 heavy (non-hydrogen) atoms. The van der Waals surface area contributed by atoms with Gasteiger partial charge >= 0.3 is 0 Å². The molecular formula is C22H26BrN3O4S. The molecule has 0 aromatic heterocycles. The van der Waals surface area contributed by atoms with E-state index in [0.29, 0.717) is 46.8 Å². The molecule has 2 amide bonds. The number of carbonyl (C=O) groups is 2. The zero-order valence-electron chi connectivity index (χ0n) is 17.5. The van der Waals surface area contributed by atoms with Crippen molar-refractivity contribution in [3.63, 3.8) is 0 Å². The van der Waals surface area contributed by atoms with E-state index in [2.05, 4.69) is 31.9 Å². The van der Waals surface area contributed by atoms with Crippen LogP contribution in [0.15, 0.2) is 46.9 Å². The smallest absolute Gasteiger partial charge is 0.257 e. The number of thiocarbonyl (C=S) groups is 1. The lowest BCUT2D eigenvalue weighted by Gasteiger charge is -2.12. The molecule has 0 aliphatic carbocycles. The zero-order valence-corrected chi connectivity index (χ0v) is 19.9. The molecule has 0 unspecified atom stereocenters. The maximum absolute atomic E-state index is 12.5. The Labute approximate surface area is 196 Å². The number of benzene rings is 2. The molecule has 0 saturated heterocycles. The molecule has 166 valence electrons. The standard InChI is InChI=1S/C22H26BrN3O4S/c1-3-12-30-19-10-7-16(14-18(19)23)21(28)26-22(31)25-17-8-5-15(6-9-17)20(27)24-11-4-13-29-2/h5-10,14H,3-4,11-13H2,1-2H3,(H,24,27)(H2,25,26,28,31). The molecule has 7 nitrogen and oxygen atoms in total. The summed E-state index contributed by atoms with van der Waals surface area (Å²) >= 11 is 8.64. The Hall–Kier alpha value is -2.49. The zero-order chi connectivity index (χ0) is 22.6. The first-order valence-corrected chi connectivity index (χ1v) is 11.1. The summed E-state index contributed by atoms with van der Waals surface area (Å²) in [6, 6.07) is 11.9. The Morgan fingerprint density at radius 3 is 2.39 bits per heavy atom. The molecule has 3 N–H and O–H groups in total. The van der Waals surface area contributed by atoms with Gasteiger partial charge in [0, 0.05) is 37.1 Å². The number of methoxy groups -OCH3 is 1. The summed E-state index contributed by atoms with van der Waals surface area (Å²) in [5.41, 5.74) is 1.64. The predicted molar refractivity (Wildman–Crippen MR) is 129 cm³/mol. The molecule has 0 saturated carbocycles. The van der Waals surface area contributed by atoms with E-state index in [1.54, 1.807) is 49.6 Å². The fraction of sp³-hybridized carbons (Fsp3) is 0.318. The molecule has 0 atom stereocenters. The molecule has 0 radical (unpaired) electrons. The monoisotopic (exact) mass is 507 g/mol. The Kier molecular flexibility index (Phi) is 10.4. The van der Waals surface area contributed by atoms with Crippen molar-refractivity contribution >= 4 is 50.8 Å². The predicted octanol–water partition coefficient (Wildman–Crippen LogP) is 4.13. The van der Waals surface area contributed by atoms with E-state index >= 15 is 0 Å². The molecule has 0 aliphatic rings. The van der Waals surface area contributed by atoms with Crippen molar-refractivity contribution in [3.8, 4) is 5.75 Å². The summed E-state index contributed by atoms with van der Waals surface area (Å²) in [5.74, 6) is 0.185. The SMILES string of the molecule is CCCOc1ccc(C(=O)NC(=S)Nc2ccc(C(=O)NCCCOC)cc2)cc1Br. The number of hydrogen-bond acceptors (Lipinski definition) is 5. The van der Waals surface area contributed by atoms with Gasteiger partial charge in [-0.25, -0.2) is 0 Å². The Morgan fingerprint density at radius 1 is 1.03 bits per heavy atom. The van der Waals surface area contributed by atoms with E-state index < -0.39 is 0 Å². The van der Waals surface area contributed by atoms with Crippen LogP contribution in [0, 0.1) is 0 Å². The highest BCUT2D eigenvalue weighted by Gasteiger charge is 2.11. The first-order valence-electron chi connectivity index (χ1n) is 9.86. The van der Waals surface area contributed by atoms with Gasteiger partial charge in [-0.05, 0) is 83.5 Å². The van der Waals surface area contributed by atoms with Gasteiger partial charge in [0.05, 0.1) is 11.1 Å². The van der Waals surface area contributed by atoms with Crippen LogP contribution < -0.4 is 20.7 Å². The van der Waals surface area contributed by atoms with E-state index in [1.807, 2.05) is 6.92 Å². The summed E-state index contributed by atoms with van der Waals surface area (Å²) < 4.78 is 11.2. The Balaban J connectivity index is 1.87. The van der Waals surface area contributed by atoms with Gasteiger partial charge in [0.15, 0.2) is 5.11 Å². The van der Waals surface area contributed by atoms with Gasteiger partial charge in [-0.1, -0.05) is 6.92 Å². The maximum Gasteiger partial charge on any atom is 0.257 e. The van der Waals surface area contributed by atoms with E-state index in [-0.39, 0.29) is 16.9 Å². The lowest BCUT2D eigenvalue weighted by Crippen LogP contribution is -2.34. The molecule has 2 aromatic carbocycles. The topological polar surface area (TPSA) is 88.7 Å². The number of hydrogen-bond donors (Lipinski definition) is 3. The van der Waals surface area contributed by atoms with Gasteiger partial charge < -0.3 is 20.1 Å². The van der Waals surface area contributed by atoms with E-state index in [4.69, 9.17) is 21.7 Å². The van der Waals surface area contributed by atoms with Crippen LogP contribution in [-0.2, 0) is 4.74 Å². The van der Waals surface area contributed by atoms with Crippen LogP contribution in [0.3, 0.4) is 0 Å². The van der Waals surface area contributed by atoms with Crippen molar-refractivity contribution in [2.45, 2.75) is 19.8 Å². The van der Waals surface area contributed by atoms with E-state index in [9.17, 15) is 9.59 Å². The van der Waals surface area contributed by atoms with Crippen LogP contribution in [0.4, 0.5) is 5.69 Å². The molecular weight excluding hydrogens is 482 g/mol. The van der Waals surface area contributed by atoms with Gasteiger partial charge in [-0.3, -0.25) is 14.9 Å². The molecule has 2 rings (SSSR count). The first-order chi connectivity index (χ1) is 14.9. The van der Waals surface area contributed by atoms with Crippen LogP contribution in [0.1, 0.15) is 40.5 Å². The molecule has 2 aromatic rings. The highest BCUT2D eigenvalue weighted by atomic mass is 79.9. The molecule has 0 aliphatic heterocycles. The minimum Gasteiger partial charge on any atom is -0.492 e. The van der Waals surface area contributed by atoms with Crippen molar-refractivity contribution in [3.05, 3.63) is 58.1 Å². The average Bonchev–Trinajstić information content (AvgIpc) is 2.76. The van der Waals surface area contributed by atoms with Gasteiger partial charge in [-0.2, -0.15) is 0 Å². The van der Waals surface area contributed by atoms with Gasteiger partial charge in [0.2, 0.25) is 0 Å². The first kappa shape index (κ1) is 24.8. The van der Waals surface area contributed by atoms with Gasteiger partial charge in [0.1, 0.15) is 5.75 Å². The number of amides is 2. The second kappa shape index (κ2) is 13.0.